The summed E-state index contributed by atoms with van der Waals surface area (Å²) in [5.74, 6) is 0.257. The average Bonchev–Trinajstić information content (AvgIpc) is 2.75. The second-order valence-corrected chi connectivity index (χ2v) is 7.18. The Kier molecular flexibility index (Phi) is 4.72. The Labute approximate surface area is 130 Å². The minimum Gasteiger partial charge on any atom is -0.280 e. The summed E-state index contributed by atoms with van der Waals surface area (Å²) in [5, 5.41) is 6.86. The minimum absolute atomic E-state index is 0.0161. The molecule has 1 heterocycles. The van der Waals surface area contributed by atoms with Crippen LogP contribution in [-0.2, 0) is 16.4 Å². The normalized spacial score (nSPS) is 11.6. The van der Waals surface area contributed by atoms with Gasteiger partial charge in [0.05, 0.1) is 5.02 Å². The van der Waals surface area contributed by atoms with Gasteiger partial charge in [-0.2, -0.15) is 5.10 Å². The lowest BCUT2D eigenvalue weighted by Gasteiger charge is -2.07. The molecule has 0 spiro atoms. The lowest BCUT2D eigenvalue weighted by molar-refractivity contribution is 0.601. The van der Waals surface area contributed by atoms with Crippen molar-refractivity contribution in [3.05, 3.63) is 39.5 Å². The summed E-state index contributed by atoms with van der Waals surface area (Å²) >= 11 is 9.19. The zero-order valence-corrected chi connectivity index (χ0v) is 13.8. The highest BCUT2D eigenvalue weighted by Gasteiger charge is 2.19. The zero-order chi connectivity index (χ0) is 14.8. The van der Waals surface area contributed by atoms with Crippen LogP contribution in [0.3, 0.4) is 0 Å². The third-order valence-corrected chi connectivity index (χ3v) is 4.90. The topological polar surface area (TPSA) is 74.8 Å². The summed E-state index contributed by atoms with van der Waals surface area (Å²) in [4.78, 5) is 0.0161. The largest absolute Gasteiger partial charge is 0.280 e. The first kappa shape index (κ1) is 15.3. The number of nitrogens with zero attached hydrogens (tertiary/aromatic N) is 1. The highest BCUT2D eigenvalue weighted by Crippen LogP contribution is 2.26. The second kappa shape index (κ2) is 6.15. The van der Waals surface area contributed by atoms with Crippen molar-refractivity contribution in [2.45, 2.75) is 24.7 Å². The standard InChI is InChI=1S/C12H13BrClN3O2S/c1-2-3-9-7-12(16-15-9)17-20(18,19)11-5-4-8(13)6-10(11)14/h4-7H,2-3H2,1H3,(H2,15,16,17). The van der Waals surface area contributed by atoms with E-state index in [-0.39, 0.29) is 15.7 Å². The molecular formula is C12H13BrClN3O2S. The Bertz CT molecular complexity index is 715. The molecule has 0 amide bonds. The average molecular weight is 379 g/mol. The first-order valence-corrected chi connectivity index (χ1v) is 8.60. The number of aryl methyl sites for hydroxylation is 1. The molecule has 0 saturated carbocycles. The number of benzene rings is 1. The van der Waals surface area contributed by atoms with Crippen LogP contribution in [0, 0.1) is 0 Å². The lowest BCUT2D eigenvalue weighted by Crippen LogP contribution is -2.13. The molecule has 0 atom stereocenters. The van der Waals surface area contributed by atoms with E-state index in [0.717, 1.165) is 18.5 Å². The van der Waals surface area contributed by atoms with Crippen LogP contribution in [0.2, 0.25) is 5.02 Å². The van der Waals surface area contributed by atoms with Crippen molar-refractivity contribution in [3.8, 4) is 0 Å². The SMILES string of the molecule is CCCc1cc(NS(=O)(=O)c2ccc(Br)cc2Cl)n[nH]1. The van der Waals surface area contributed by atoms with Crippen LogP contribution in [0.15, 0.2) is 33.6 Å². The molecule has 5 nitrogen and oxygen atoms in total. The molecule has 0 unspecified atom stereocenters. The molecule has 2 rings (SSSR count). The highest BCUT2D eigenvalue weighted by atomic mass is 79.9. The van der Waals surface area contributed by atoms with Gasteiger partial charge in [-0.15, -0.1) is 0 Å². The van der Waals surface area contributed by atoms with E-state index in [0.29, 0.717) is 4.47 Å². The van der Waals surface area contributed by atoms with Gasteiger partial charge in [-0.3, -0.25) is 9.82 Å². The maximum Gasteiger partial charge on any atom is 0.264 e. The number of rotatable bonds is 5. The fraction of sp³-hybridized carbons (Fsp3) is 0.250. The molecule has 0 radical (unpaired) electrons. The Morgan fingerprint density at radius 3 is 2.80 bits per heavy atom. The highest BCUT2D eigenvalue weighted by molar-refractivity contribution is 9.10. The van der Waals surface area contributed by atoms with Crippen LogP contribution in [0.25, 0.3) is 0 Å². The minimum atomic E-state index is -3.75. The Balaban J connectivity index is 2.26. The van der Waals surface area contributed by atoms with Gasteiger partial charge in [0.1, 0.15) is 4.90 Å². The van der Waals surface area contributed by atoms with Gasteiger partial charge in [-0.05, 0) is 24.6 Å². The van der Waals surface area contributed by atoms with E-state index in [1.54, 1.807) is 12.1 Å². The number of hydrogen-bond acceptors (Lipinski definition) is 3. The molecule has 1 aromatic carbocycles. The molecular weight excluding hydrogens is 366 g/mol. The zero-order valence-electron chi connectivity index (χ0n) is 10.7. The van der Waals surface area contributed by atoms with Crippen LogP contribution < -0.4 is 4.72 Å². The third-order valence-electron chi connectivity index (χ3n) is 2.57. The number of aromatic nitrogens is 2. The number of nitrogens with one attached hydrogen (secondary N) is 2. The molecule has 0 aliphatic carbocycles. The molecule has 2 N–H and O–H groups in total. The van der Waals surface area contributed by atoms with E-state index < -0.39 is 10.0 Å². The van der Waals surface area contributed by atoms with Crippen LogP contribution in [0.4, 0.5) is 5.82 Å². The van der Waals surface area contributed by atoms with Gasteiger partial charge in [0.15, 0.2) is 5.82 Å². The fourth-order valence-electron chi connectivity index (χ4n) is 1.70. The number of hydrogen-bond donors (Lipinski definition) is 2. The Hall–Kier alpha value is -1.05. The van der Waals surface area contributed by atoms with Gasteiger partial charge in [0, 0.05) is 16.2 Å². The molecule has 0 saturated heterocycles. The van der Waals surface area contributed by atoms with Crippen molar-refractivity contribution in [1.82, 2.24) is 10.2 Å². The van der Waals surface area contributed by atoms with Crippen LogP contribution in [0.5, 0.6) is 0 Å². The van der Waals surface area contributed by atoms with Crippen LogP contribution >= 0.6 is 27.5 Å². The number of H-pyrrole nitrogens is 1. The smallest absolute Gasteiger partial charge is 0.264 e. The predicted molar refractivity (Wildman–Crippen MR) is 82.5 cm³/mol. The maximum atomic E-state index is 12.2. The fourth-order valence-corrected chi connectivity index (χ4v) is 3.73. The molecule has 0 fully saturated rings. The number of aromatic amines is 1. The molecule has 1 aromatic heterocycles. The quantitative estimate of drug-likeness (QED) is 0.835. The monoisotopic (exact) mass is 377 g/mol. The van der Waals surface area contributed by atoms with Crippen molar-refractivity contribution in [1.29, 1.82) is 0 Å². The molecule has 0 aliphatic heterocycles. The summed E-state index contributed by atoms with van der Waals surface area (Å²) in [7, 11) is -3.75. The second-order valence-electron chi connectivity index (χ2n) is 4.21. The summed E-state index contributed by atoms with van der Waals surface area (Å²) in [6, 6.07) is 6.26. The number of anilines is 1. The van der Waals surface area contributed by atoms with Gasteiger partial charge in [0.2, 0.25) is 0 Å². The molecule has 0 bridgehead atoms. The lowest BCUT2D eigenvalue weighted by atomic mass is 10.2. The maximum absolute atomic E-state index is 12.2. The third kappa shape index (κ3) is 3.53. The van der Waals surface area contributed by atoms with Gasteiger partial charge in [-0.25, -0.2) is 8.42 Å². The number of sulfonamides is 1. The summed E-state index contributed by atoms with van der Waals surface area (Å²) in [6.45, 7) is 2.03. The summed E-state index contributed by atoms with van der Waals surface area (Å²) in [5.41, 5.74) is 0.882. The van der Waals surface area contributed by atoms with Crippen molar-refractivity contribution >= 4 is 43.4 Å². The first-order chi connectivity index (χ1) is 9.42. The number of halogens is 2. The Morgan fingerprint density at radius 1 is 1.40 bits per heavy atom. The van der Waals surface area contributed by atoms with Gasteiger partial charge in [-0.1, -0.05) is 40.9 Å². The molecule has 8 heteroatoms. The van der Waals surface area contributed by atoms with Gasteiger partial charge >= 0.3 is 0 Å². The van der Waals surface area contributed by atoms with E-state index in [9.17, 15) is 8.42 Å². The summed E-state index contributed by atoms with van der Waals surface area (Å²) in [6.07, 6.45) is 1.76. The Morgan fingerprint density at radius 2 is 2.15 bits per heavy atom. The molecule has 108 valence electrons. The van der Waals surface area contributed by atoms with Crippen molar-refractivity contribution in [2.24, 2.45) is 0 Å². The molecule has 20 heavy (non-hydrogen) atoms. The summed E-state index contributed by atoms with van der Waals surface area (Å²) < 4.78 is 27.6. The van der Waals surface area contributed by atoms with E-state index in [4.69, 9.17) is 11.6 Å². The predicted octanol–water partition coefficient (Wildman–Crippen LogP) is 3.58. The van der Waals surface area contributed by atoms with E-state index >= 15 is 0 Å². The van der Waals surface area contributed by atoms with Crippen molar-refractivity contribution in [2.75, 3.05) is 4.72 Å². The van der Waals surface area contributed by atoms with E-state index in [1.807, 2.05) is 6.92 Å². The van der Waals surface area contributed by atoms with Crippen LogP contribution in [0.1, 0.15) is 19.0 Å². The molecule has 0 aliphatic rings. The van der Waals surface area contributed by atoms with Gasteiger partial charge < -0.3 is 0 Å². The van der Waals surface area contributed by atoms with Crippen molar-refractivity contribution < 1.29 is 8.42 Å². The first-order valence-electron chi connectivity index (χ1n) is 5.94. The molecule has 2 aromatic rings. The van der Waals surface area contributed by atoms with Crippen LogP contribution in [-0.4, -0.2) is 18.6 Å². The van der Waals surface area contributed by atoms with Crippen molar-refractivity contribution in [3.63, 3.8) is 0 Å². The van der Waals surface area contributed by atoms with E-state index in [2.05, 4.69) is 30.8 Å². The van der Waals surface area contributed by atoms with Gasteiger partial charge in [0.25, 0.3) is 10.0 Å². The van der Waals surface area contributed by atoms with E-state index in [1.165, 1.54) is 12.1 Å².